The van der Waals surface area contributed by atoms with Gasteiger partial charge in [-0.15, -0.1) is 0 Å². The normalized spacial score (nSPS) is 19.7. The van der Waals surface area contributed by atoms with Crippen molar-refractivity contribution in [2.45, 2.75) is 116 Å². The van der Waals surface area contributed by atoms with Crippen molar-refractivity contribution < 1.29 is 14.2 Å². The Balaban J connectivity index is 1.76. The maximum absolute atomic E-state index is 5.69. The van der Waals surface area contributed by atoms with Crippen molar-refractivity contribution in [3.63, 3.8) is 0 Å². The molecule has 1 fully saturated rings. The highest BCUT2D eigenvalue weighted by Crippen LogP contribution is 2.22. The quantitative estimate of drug-likeness (QED) is 0.226. The first-order chi connectivity index (χ1) is 12.1. The molecule has 3 nitrogen and oxygen atoms in total. The summed E-state index contributed by atoms with van der Waals surface area (Å²) in [6.07, 6.45) is 21.9. The molecule has 0 aromatic carbocycles. The topological polar surface area (TPSA) is 27.7 Å². The van der Waals surface area contributed by atoms with Gasteiger partial charge in [-0.3, -0.25) is 0 Å². The molecule has 1 unspecified atom stereocenters. The van der Waals surface area contributed by atoms with E-state index in [1.807, 2.05) is 20.1 Å². The van der Waals surface area contributed by atoms with Crippen LogP contribution in [-0.4, -0.2) is 25.1 Å². The lowest BCUT2D eigenvalue weighted by Gasteiger charge is -2.16. The summed E-state index contributed by atoms with van der Waals surface area (Å²) >= 11 is 0. The van der Waals surface area contributed by atoms with Crippen molar-refractivity contribution >= 4 is 0 Å². The molecule has 1 saturated heterocycles. The molecule has 148 valence electrons. The van der Waals surface area contributed by atoms with Crippen LogP contribution in [0.4, 0.5) is 0 Å². The van der Waals surface area contributed by atoms with E-state index in [4.69, 9.17) is 14.2 Å². The van der Waals surface area contributed by atoms with E-state index >= 15 is 0 Å². The number of unbranched alkanes of at least 4 members (excludes halogenated alkanes) is 12. The Labute approximate surface area is 156 Å². The van der Waals surface area contributed by atoms with Gasteiger partial charge in [-0.1, -0.05) is 77.6 Å². The Morgan fingerprint density at radius 2 is 1.44 bits per heavy atom. The van der Waals surface area contributed by atoms with Crippen LogP contribution in [0.15, 0.2) is 12.3 Å². The second kappa shape index (κ2) is 14.6. The van der Waals surface area contributed by atoms with Crippen LogP contribution in [0, 0.1) is 0 Å². The lowest BCUT2D eigenvalue weighted by Crippen LogP contribution is -2.23. The summed E-state index contributed by atoms with van der Waals surface area (Å²) < 4.78 is 16.7. The Kier molecular flexibility index (Phi) is 13.2. The average molecular weight is 355 g/mol. The van der Waals surface area contributed by atoms with Gasteiger partial charge in [0.1, 0.15) is 12.7 Å². The molecule has 0 spiro atoms. The van der Waals surface area contributed by atoms with Gasteiger partial charge < -0.3 is 14.2 Å². The largest absolute Gasteiger partial charge is 0.499 e. The van der Waals surface area contributed by atoms with Crippen LogP contribution in [0.2, 0.25) is 0 Å². The minimum Gasteiger partial charge on any atom is -0.499 e. The maximum atomic E-state index is 5.69. The Bertz CT molecular complexity index is 325. The summed E-state index contributed by atoms with van der Waals surface area (Å²) in [4.78, 5) is 0. The molecule has 0 bridgehead atoms. The minimum atomic E-state index is -0.452. The number of ether oxygens (including phenoxy) is 3. The second-order valence-corrected chi connectivity index (χ2v) is 7.83. The minimum absolute atomic E-state index is 0.0614. The zero-order valence-corrected chi connectivity index (χ0v) is 17.1. The third-order valence-corrected chi connectivity index (χ3v) is 4.77. The van der Waals surface area contributed by atoms with Crippen molar-refractivity contribution in [3.05, 3.63) is 12.3 Å². The summed E-state index contributed by atoms with van der Waals surface area (Å²) in [5.74, 6) is -0.452. The van der Waals surface area contributed by atoms with Crippen LogP contribution >= 0.6 is 0 Å². The fourth-order valence-electron chi connectivity index (χ4n) is 3.25. The second-order valence-electron chi connectivity index (χ2n) is 7.83. The number of hydrogen-bond donors (Lipinski definition) is 0. The first-order valence-corrected chi connectivity index (χ1v) is 10.7. The molecule has 1 heterocycles. The fourth-order valence-corrected chi connectivity index (χ4v) is 3.25. The van der Waals surface area contributed by atoms with Gasteiger partial charge in [0, 0.05) is 0 Å². The van der Waals surface area contributed by atoms with Crippen LogP contribution < -0.4 is 0 Å². The molecular weight excluding hydrogens is 312 g/mol. The molecule has 0 aliphatic carbocycles. The van der Waals surface area contributed by atoms with Crippen molar-refractivity contribution in [3.8, 4) is 0 Å². The monoisotopic (exact) mass is 354 g/mol. The molecule has 1 aliphatic heterocycles. The highest BCUT2D eigenvalue weighted by Gasteiger charge is 2.32. The van der Waals surface area contributed by atoms with Crippen LogP contribution in [0.1, 0.15) is 104 Å². The Morgan fingerprint density at radius 1 is 0.880 bits per heavy atom. The zero-order valence-electron chi connectivity index (χ0n) is 17.1. The van der Waals surface area contributed by atoms with E-state index < -0.39 is 5.79 Å². The maximum Gasteiger partial charge on any atom is 0.163 e. The zero-order chi connectivity index (χ0) is 18.2. The Morgan fingerprint density at radius 3 is 1.96 bits per heavy atom. The summed E-state index contributed by atoms with van der Waals surface area (Å²) in [5.41, 5.74) is 0. The predicted octanol–water partition coefficient (Wildman–Crippen LogP) is 6.76. The van der Waals surface area contributed by atoms with E-state index in [0.29, 0.717) is 13.2 Å². The lowest BCUT2D eigenvalue weighted by atomic mass is 10.0. The molecule has 3 heteroatoms. The molecule has 1 atom stereocenters. The van der Waals surface area contributed by atoms with Crippen LogP contribution in [0.3, 0.4) is 0 Å². The van der Waals surface area contributed by atoms with E-state index in [0.717, 1.165) is 6.42 Å². The van der Waals surface area contributed by atoms with Gasteiger partial charge in [0.25, 0.3) is 0 Å². The lowest BCUT2D eigenvalue weighted by molar-refractivity contribution is -0.142. The summed E-state index contributed by atoms with van der Waals surface area (Å²) in [6.45, 7) is 7.37. The molecule has 1 rings (SSSR count). The van der Waals surface area contributed by atoms with Crippen molar-refractivity contribution in [1.29, 1.82) is 0 Å². The van der Waals surface area contributed by atoms with Crippen LogP contribution in [0.5, 0.6) is 0 Å². The first-order valence-electron chi connectivity index (χ1n) is 10.7. The van der Waals surface area contributed by atoms with Gasteiger partial charge in [0.15, 0.2) is 5.79 Å². The molecule has 0 radical (unpaired) electrons. The fraction of sp³-hybridized carbons (Fsp3) is 0.909. The van der Waals surface area contributed by atoms with E-state index in [-0.39, 0.29) is 6.10 Å². The standard InChI is InChI=1S/C22H42O3/c1-4-5-6-7-8-9-10-11-12-13-14-15-16-17-18-23-19-21-20-24-22(2,3)25-21/h17-18,21H,4-16,19-20H2,1-3H3/b18-17-. The van der Waals surface area contributed by atoms with Crippen LogP contribution in [-0.2, 0) is 14.2 Å². The highest BCUT2D eigenvalue weighted by molar-refractivity contribution is 4.76. The molecule has 0 amide bonds. The summed E-state index contributed by atoms with van der Waals surface area (Å²) in [5, 5.41) is 0. The van der Waals surface area contributed by atoms with Crippen molar-refractivity contribution in [2.75, 3.05) is 13.2 Å². The van der Waals surface area contributed by atoms with E-state index in [9.17, 15) is 0 Å². The predicted molar refractivity (Wildman–Crippen MR) is 106 cm³/mol. The van der Waals surface area contributed by atoms with E-state index in [2.05, 4.69) is 13.0 Å². The van der Waals surface area contributed by atoms with Crippen molar-refractivity contribution in [2.24, 2.45) is 0 Å². The smallest absolute Gasteiger partial charge is 0.163 e. The first kappa shape index (κ1) is 22.5. The van der Waals surface area contributed by atoms with Crippen molar-refractivity contribution in [1.82, 2.24) is 0 Å². The van der Waals surface area contributed by atoms with E-state index in [1.54, 1.807) is 0 Å². The molecular formula is C22H42O3. The molecule has 0 saturated carbocycles. The summed E-state index contributed by atoms with van der Waals surface area (Å²) in [7, 11) is 0. The van der Waals surface area contributed by atoms with Gasteiger partial charge in [-0.25, -0.2) is 0 Å². The SMILES string of the molecule is CCCCCCCCCCCCCC/C=C\OCC1COC(C)(C)O1. The summed E-state index contributed by atoms with van der Waals surface area (Å²) in [6, 6.07) is 0. The third-order valence-electron chi connectivity index (χ3n) is 4.77. The third kappa shape index (κ3) is 13.3. The average Bonchev–Trinajstić information content (AvgIpc) is 2.93. The molecule has 0 aromatic rings. The van der Waals surface area contributed by atoms with Gasteiger partial charge in [0.05, 0.1) is 12.9 Å². The van der Waals surface area contributed by atoms with Gasteiger partial charge in [0.2, 0.25) is 0 Å². The van der Waals surface area contributed by atoms with Gasteiger partial charge >= 0.3 is 0 Å². The van der Waals surface area contributed by atoms with E-state index in [1.165, 1.54) is 77.0 Å². The highest BCUT2D eigenvalue weighted by atomic mass is 16.7. The Hall–Kier alpha value is -0.540. The van der Waals surface area contributed by atoms with Gasteiger partial charge in [-0.2, -0.15) is 0 Å². The molecule has 0 aromatic heterocycles. The number of rotatable bonds is 16. The number of allylic oxidation sites excluding steroid dienone is 1. The molecule has 1 aliphatic rings. The molecule has 0 N–H and O–H groups in total. The molecule has 25 heavy (non-hydrogen) atoms. The number of hydrogen-bond acceptors (Lipinski definition) is 3. The van der Waals surface area contributed by atoms with Crippen LogP contribution in [0.25, 0.3) is 0 Å². The van der Waals surface area contributed by atoms with Gasteiger partial charge in [-0.05, 0) is 32.8 Å².